The van der Waals surface area contributed by atoms with Crippen molar-refractivity contribution >= 4 is 28.9 Å². The van der Waals surface area contributed by atoms with Gasteiger partial charge in [0.15, 0.2) is 0 Å². The molecule has 1 aliphatic rings. The molecule has 0 aliphatic carbocycles. The SMILES string of the molecule is OCC1CCCCN1c1cc(Cl)cc(Cl)c1. The summed E-state index contributed by atoms with van der Waals surface area (Å²) in [5, 5.41) is 10.6. The van der Waals surface area contributed by atoms with Gasteiger partial charge in [0, 0.05) is 22.3 Å². The van der Waals surface area contributed by atoms with Crippen molar-refractivity contribution in [3.05, 3.63) is 28.2 Å². The van der Waals surface area contributed by atoms with Gasteiger partial charge in [-0.2, -0.15) is 0 Å². The minimum absolute atomic E-state index is 0.185. The van der Waals surface area contributed by atoms with Gasteiger partial charge in [0.25, 0.3) is 0 Å². The molecule has 1 unspecified atom stereocenters. The zero-order valence-electron chi connectivity index (χ0n) is 9.00. The molecule has 0 radical (unpaired) electrons. The van der Waals surface area contributed by atoms with Crippen LogP contribution in [0.1, 0.15) is 19.3 Å². The Morgan fingerprint density at radius 3 is 2.50 bits per heavy atom. The molecular formula is C12H15Cl2NO. The summed E-state index contributed by atoms with van der Waals surface area (Å²) in [6.07, 6.45) is 3.36. The molecule has 1 aromatic carbocycles. The Morgan fingerprint density at radius 1 is 1.19 bits per heavy atom. The molecule has 1 N–H and O–H groups in total. The van der Waals surface area contributed by atoms with Gasteiger partial charge in [-0.25, -0.2) is 0 Å². The molecular weight excluding hydrogens is 245 g/mol. The van der Waals surface area contributed by atoms with E-state index in [0.29, 0.717) is 10.0 Å². The van der Waals surface area contributed by atoms with Gasteiger partial charge in [0.05, 0.1) is 12.6 Å². The Labute approximate surface area is 106 Å². The number of piperidine rings is 1. The van der Waals surface area contributed by atoms with Crippen LogP contribution >= 0.6 is 23.2 Å². The first-order chi connectivity index (χ1) is 7.70. The second kappa shape index (κ2) is 5.26. The molecule has 2 nitrogen and oxygen atoms in total. The van der Waals surface area contributed by atoms with E-state index in [1.165, 1.54) is 6.42 Å². The average molecular weight is 260 g/mol. The monoisotopic (exact) mass is 259 g/mol. The number of hydrogen-bond acceptors (Lipinski definition) is 2. The van der Waals surface area contributed by atoms with Gasteiger partial charge >= 0.3 is 0 Å². The van der Waals surface area contributed by atoms with E-state index in [0.717, 1.165) is 25.1 Å². The van der Waals surface area contributed by atoms with Crippen molar-refractivity contribution in [1.82, 2.24) is 0 Å². The summed E-state index contributed by atoms with van der Waals surface area (Å²) in [7, 11) is 0. The minimum atomic E-state index is 0.185. The molecule has 88 valence electrons. The second-order valence-electron chi connectivity index (χ2n) is 4.15. The van der Waals surface area contributed by atoms with Crippen LogP contribution < -0.4 is 4.90 Å². The molecule has 1 atom stereocenters. The summed E-state index contributed by atoms with van der Waals surface area (Å²) in [6, 6.07) is 5.73. The minimum Gasteiger partial charge on any atom is -0.394 e. The van der Waals surface area contributed by atoms with E-state index < -0.39 is 0 Å². The fraction of sp³-hybridized carbons (Fsp3) is 0.500. The first-order valence-corrected chi connectivity index (χ1v) is 6.30. The van der Waals surface area contributed by atoms with Crippen LogP contribution in [-0.4, -0.2) is 24.3 Å². The van der Waals surface area contributed by atoms with Crippen LogP contribution in [-0.2, 0) is 0 Å². The Balaban J connectivity index is 2.26. The topological polar surface area (TPSA) is 23.5 Å². The zero-order chi connectivity index (χ0) is 11.5. The molecule has 1 aromatic rings. The van der Waals surface area contributed by atoms with Crippen LogP contribution in [0, 0.1) is 0 Å². The Morgan fingerprint density at radius 2 is 1.88 bits per heavy atom. The van der Waals surface area contributed by atoms with Gasteiger partial charge in [-0.1, -0.05) is 23.2 Å². The standard InChI is InChI=1S/C12H15Cl2NO/c13-9-5-10(14)7-12(6-9)15-4-2-1-3-11(15)8-16/h5-7,11,16H,1-4,8H2. The van der Waals surface area contributed by atoms with Gasteiger partial charge in [-0.15, -0.1) is 0 Å². The fourth-order valence-electron chi connectivity index (χ4n) is 2.24. The molecule has 4 heteroatoms. The summed E-state index contributed by atoms with van der Waals surface area (Å²) < 4.78 is 0. The van der Waals surface area contributed by atoms with E-state index in [1.807, 2.05) is 12.1 Å². The third-order valence-corrected chi connectivity index (χ3v) is 3.45. The van der Waals surface area contributed by atoms with Gasteiger partial charge < -0.3 is 10.0 Å². The first-order valence-electron chi connectivity index (χ1n) is 5.54. The van der Waals surface area contributed by atoms with Crippen molar-refractivity contribution < 1.29 is 5.11 Å². The number of nitrogens with zero attached hydrogens (tertiary/aromatic N) is 1. The van der Waals surface area contributed by atoms with Gasteiger partial charge in [0.2, 0.25) is 0 Å². The smallest absolute Gasteiger partial charge is 0.0635 e. The number of aliphatic hydroxyl groups is 1. The highest BCUT2D eigenvalue weighted by atomic mass is 35.5. The Hall–Kier alpha value is -0.440. The maximum Gasteiger partial charge on any atom is 0.0635 e. The van der Waals surface area contributed by atoms with Gasteiger partial charge in [0.1, 0.15) is 0 Å². The lowest BCUT2D eigenvalue weighted by molar-refractivity contribution is 0.240. The molecule has 1 fully saturated rings. The van der Waals surface area contributed by atoms with Crippen LogP contribution in [0.15, 0.2) is 18.2 Å². The van der Waals surface area contributed by atoms with Crippen LogP contribution in [0.3, 0.4) is 0 Å². The van der Waals surface area contributed by atoms with Crippen LogP contribution in [0.2, 0.25) is 10.0 Å². The number of benzene rings is 1. The average Bonchev–Trinajstić information content (AvgIpc) is 2.27. The number of aliphatic hydroxyl groups excluding tert-OH is 1. The fourth-order valence-corrected chi connectivity index (χ4v) is 2.75. The Bertz CT molecular complexity index is 350. The molecule has 0 bridgehead atoms. The van der Waals surface area contributed by atoms with Gasteiger partial charge in [-0.05, 0) is 37.5 Å². The highest BCUT2D eigenvalue weighted by Crippen LogP contribution is 2.29. The summed E-state index contributed by atoms with van der Waals surface area (Å²) in [5.74, 6) is 0. The quantitative estimate of drug-likeness (QED) is 0.881. The summed E-state index contributed by atoms with van der Waals surface area (Å²) in [6.45, 7) is 1.14. The maximum absolute atomic E-state index is 9.35. The zero-order valence-corrected chi connectivity index (χ0v) is 10.5. The van der Waals surface area contributed by atoms with E-state index >= 15 is 0 Å². The van der Waals surface area contributed by atoms with E-state index in [4.69, 9.17) is 23.2 Å². The first kappa shape index (κ1) is 12.0. The van der Waals surface area contributed by atoms with Crippen LogP contribution in [0.5, 0.6) is 0 Å². The predicted molar refractivity (Wildman–Crippen MR) is 68.5 cm³/mol. The number of rotatable bonds is 2. The van der Waals surface area contributed by atoms with Crippen molar-refractivity contribution in [2.75, 3.05) is 18.1 Å². The van der Waals surface area contributed by atoms with Gasteiger partial charge in [-0.3, -0.25) is 0 Å². The number of hydrogen-bond donors (Lipinski definition) is 1. The summed E-state index contributed by atoms with van der Waals surface area (Å²) in [4.78, 5) is 2.20. The van der Waals surface area contributed by atoms with Crippen molar-refractivity contribution in [3.8, 4) is 0 Å². The lowest BCUT2D eigenvalue weighted by Gasteiger charge is -2.36. The molecule has 16 heavy (non-hydrogen) atoms. The van der Waals surface area contributed by atoms with Crippen LogP contribution in [0.25, 0.3) is 0 Å². The number of anilines is 1. The van der Waals surface area contributed by atoms with E-state index in [1.54, 1.807) is 6.07 Å². The molecule has 2 rings (SSSR count). The van der Waals surface area contributed by atoms with E-state index in [2.05, 4.69) is 4.90 Å². The molecule has 0 aromatic heterocycles. The molecule has 0 spiro atoms. The maximum atomic E-state index is 9.35. The third kappa shape index (κ3) is 2.62. The normalized spacial score (nSPS) is 21.2. The number of halogens is 2. The van der Waals surface area contributed by atoms with E-state index in [9.17, 15) is 5.11 Å². The van der Waals surface area contributed by atoms with E-state index in [-0.39, 0.29) is 12.6 Å². The van der Waals surface area contributed by atoms with Crippen molar-refractivity contribution in [2.45, 2.75) is 25.3 Å². The highest BCUT2D eigenvalue weighted by molar-refractivity contribution is 6.35. The highest BCUT2D eigenvalue weighted by Gasteiger charge is 2.22. The van der Waals surface area contributed by atoms with Crippen molar-refractivity contribution in [3.63, 3.8) is 0 Å². The molecule has 0 amide bonds. The largest absolute Gasteiger partial charge is 0.394 e. The summed E-state index contributed by atoms with van der Waals surface area (Å²) in [5.41, 5.74) is 1.01. The molecule has 1 heterocycles. The Kier molecular flexibility index (Phi) is 3.95. The van der Waals surface area contributed by atoms with Crippen LogP contribution in [0.4, 0.5) is 5.69 Å². The third-order valence-electron chi connectivity index (χ3n) is 3.02. The molecule has 1 saturated heterocycles. The lowest BCUT2D eigenvalue weighted by Crippen LogP contribution is -2.41. The lowest BCUT2D eigenvalue weighted by atomic mass is 10.0. The van der Waals surface area contributed by atoms with Crippen molar-refractivity contribution in [2.24, 2.45) is 0 Å². The summed E-state index contributed by atoms with van der Waals surface area (Å²) >= 11 is 12.0. The predicted octanol–water partition coefficient (Wildman–Crippen LogP) is 3.34. The molecule has 0 saturated carbocycles. The molecule has 1 aliphatic heterocycles. The second-order valence-corrected chi connectivity index (χ2v) is 5.03. The van der Waals surface area contributed by atoms with Crippen molar-refractivity contribution in [1.29, 1.82) is 0 Å².